The Morgan fingerprint density at radius 3 is 2.76 bits per heavy atom. The van der Waals surface area contributed by atoms with Crippen LogP contribution >= 0.6 is 11.8 Å². The van der Waals surface area contributed by atoms with Gasteiger partial charge in [-0.1, -0.05) is 36.0 Å². The molecule has 0 radical (unpaired) electrons. The number of urea groups is 1. The number of imide groups is 1. The summed E-state index contributed by atoms with van der Waals surface area (Å²) in [6, 6.07) is 12.6. The molecule has 4 aromatic rings. The number of aromatic nitrogens is 2. The van der Waals surface area contributed by atoms with Gasteiger partial charge in [0.1, 0.15) is 22.5 Å². The maximum Gasteiger partial charge on any atom is 0.325 e. The first-order valence-corrected chi connectivity index (χ1v) is 9.93. The first-order valence-electron chi connectivity index (χ1n) is 8.95. The lowest BCUT2D eigenvalue weighted by atomic mass is 10.1. The molecule has 0 bridgehead atoms. The van der Waals surface area contributed by atoms with Crippen LogP contribution in [-0.2, 0) is 4.79 Å². The average Bonchev–Trinajstić information content (AvgIpc) is 3.09. The van der Waals surface area contributed by atoms with Crippen molar-refractivity contribution in [2.75, 3.05) is 11.1 Å². The number of hydrogen-bond acceptors (Lipinski definition) is 6. The summed E-state index contributed by atoms with van der Waals surface area (Å²) in [5, 5.41) is 6.48. The molecule has 0 aliphatic carbocycles. The Labute approximate surface area is 170 Å². The molecule has 0 atom stereocenters. The minimum Gasteiger partial charge on any atom is -0.451 e. The molecule has 7 nitrogen and oxygen atoms in total. The summed E-state index contributed by atoms with van der Waals surface area (Å²) in [6.45, 7) is 3.87. The lowest BCUT2D eigenvalue weighted by molar-refractivity contribution is -0.117. The third-order valence-electron chi connectivity index (χ3n) is 4.57. The molecule has 29 heavy (non-hydrogen) atoms. The first kappa shape index (κ1) is 18.9. The number of hydrogen-bond donors (Lipinski definition) is 2. The monoisotopic (exact) mass is 406 g/mol. The number of nitrogens with one attached hydrogen (secondary N) is 2. The van der Waals surface area contributed by atoms with Crippen molar-refractivity contribution in [3.8, 4) is 0 Å². The molecular weight excluding hydrogens is 388 g/mol. The van der Waals surface area contributed by atoms with Crippen LogP contribution in [0, 0.1) is 13.8 Å². The fourth-order valence-corrected chi connectivity index (χ4v) is 3.67. The third kappa shape index (κ3) is 3.93. The van der Waals surface area contributed by atoms with Crippen molar-refractivity contribution in [3.63, 3.8) is 0 Å². The summed E-state index contributed by atoms with van der Waals surface area (Å²) in [5.74, 6) is -0.413. The molecule has 0 saturated heterocycles. The van der Waals surface area contributed by atoms with Gasteiger partial charge in [0.25, 0.3) is 0 Å². The van der Waals surface area contributed by atoms with E-state index < -0.39 is 11.9 Å². The van der Waals surface area contributed by atoms with Crippen LogP contribution in [0.25, 0.3) is 22.1 Å². The molecule has 2 aromatic heterocycles. The molecule has 3 amide bonds. The Kier molecular flexibility index (Phi) is 5.18. The summed E-state index contributed by atoms with van der Waals surface area (Å²) in [6.07, 6.45) is 1.44. The summed E-state index contributed by atoms with van der Waals surface area (Å²) in [5.41, 5.74) is 4.63. The topological polar surface area (TPSA) is 97.1 Å². The summed E-state index contributed by atoms with van der Waals surface area (Å²) < 4.78 is 5.84. The number of amides is 3. The highest BCUT2D eigenvalue weighted by molar-refractivity contribution is 8.00. The Morgan fingerprint density at radius 1 is 1.07 bits per heavy atom. The molecule has 2 aromatic carbocycles. The SMILES string of the molecule is Cc1cccc(NC(=O)NC(=O)CSc2ncnc3c2oc2ccccc23)c1C. The van der Waals surface area contributed by atoms with Crippen LogP contribution in [0.2, 0.25) is 0 Å². The molecule has 0 saturated carbocycles. The Balaban J connectivity index is 1.42. The predicted molar refractivity (Wildman–Crippen MR) is 113 cm³/mol. The number of furan rings is 1. The molecule has 0 spiro atoms. The second-order valence-corrected chi connectivity index (χ2v) is 7.46. The minimum atomic E-state index is -0.569. The number of para-hydroxylation sites is 1. The van der Waals surface area contributed by atoms with Gasteiger partial charge in [-0.25, -0.2) is 14.8 Å². The average molecular weight is 406 g/mol. The number of carbonyl (C=O) groups is 2. The lowest BCUT2D eigenvalue weighted by Crippen LogP contribution is -2.35. The second-order valence-electron chi connectivity index (χ2n) is 6.49. The van der Waals surface area contributed by atoms with Gasteiger partial charge in [0, 0.05) is 11.1 Å². The predicted octanol–water partition coefficient (Wildman–Crippen LogP) is 4.43. The van der Waals surface area contributed by atoms with Crippen LogP contribution in [0.3, 0.4) is 0 Å². The van der Waals surface area contributed by atoms with Crippen molar-refractivity contribution in [1.82, 2.24) is 15.3 Å². The van der Waals surface area contributed by atoms with Crippen molar-refractivity contribution in [3.05, 3.63) is 59.9 Å². The number of benzene rings is 2. The molecule has 0 aliphatic rings. The molecule has 0 aliphatic heterocycles. The van der Waals surface area contributed by atoms with Crippen molar-refractivity contribution >= 4 is 51.5 Å². The van der Waals surface area contributed by atoms with Gasteiger partial charge in [-0.05, 0) is 43.2 Å². The molecule has 146 valence electrons. The molecule has 2 N–H and O–H groups in total. The van der Waals surface area contributed by atoms with Gasteiger partial charge < -0.3 is 9.73 Å². The zero-order chi connectivity index (χ0) is 20.4. The van der Waals surface area contributed by atoms with Gasteiger partial charge in [0.15, 0.2) is 5.58 Å². The van der Waals surface area contributed by atoms with E-state index in [1.165, 1.54) is 18.1 Å². The van der Waals surface area contributed by atoms with Gasteiger partial charge in [0.05, 0.1) is 5.75 Å². The fourth-order valence-electron chi connectivity index (χ4n) is 2.94. The zero-order valence-corrected chi connectivity index (χ0v) is 16.7. The number of anilines is 1. The van der Waals surface area contributed by atoms with Crippen LogP contribution in [0.4, 0.5) is 10.5 Å². The second kappa shape index (κ2) is 7.92. The molecule has 8 heteroatoms. The van der Waals surface area contributed by atoms with Gasteiger partial charge in [-0.2, -0.15) is 0 Å². The van der Waals surface area contributed by atoms with E-state index in [4.69, 9.17) is 4.42 Å². The minimum absolute atomic E-state index is 0.0172. The molecule has 2 heterocycles. The Bertz CT molecular complexity index is 1240. The van der Waals surface area contributed by atoms with Crippen molar-refractivity contribution in [1.29, 1.82) is 0 Å². The van der Waals surface area contributed by atoms with Crippen molar-refractivity contribution < 1.29 is 14.0 Å². The van der Waals surface area contributed by atoms with Crippen LogP contribution < -0.4 is 10.6 Å². The molecule has 4 rings (SSSR count). The Hall–Kier alpha value is -3.39. The van der Waals surface area contributed by atoms with Gasteiger partial charge in [-0.3, -0.25) is 10.1 Å². The Morgan fingerprint density at radius 2 is 1.90 bits per heavy atom. The van der Waals surface area contributed by atoms with Crippen LogP contribution in [-0.4, -0.2) is 27.7 Å². The van der Waals surface area contributed by atoms with Gasteiger partial charge in [-0.15, -0.1) is 0 Å². The van der Waals surface area contributed by atoms with E-state index in [1.807, 2.05) is 50.2 Å². The first-order chi connectivity index (χ1) is 14.0. The number of nitrogens with zero attached hydrogens (tertiary/aromatic N) is 2. The van der Waals surface area contributed by atoms with E-state index in [-0.39, 0.29) is 5.75 Å². The maximum atomic E-state index is 12.2. The number of rotatable bonds is 4. The molecule has 0 unspecified atom stereocenters. The number of carbonyl (C=O) groups excluding carboxylic acids is 2. The van der Waals surface area contributed by atoms with E-state index in [2.05, 4.69) is 20.6 Å². The number of aryl methyl sites for hydroxylation is 1. The van der Waals surface area contributed by atoms with Crippen LogP contribution in [0.5, 0.6) is 0 Å². The van der Waals surface area contributed by atoms with E-state index in [0.29, 0.717) is 27.4 Å². The summed E-state index contributed by atoms with van der Waals surface area (Å²) in [7, 11) is 0. The summed E-state index contributed by atoms with van der Waals surface area (Å²) in [4.78, 5) is 32.8. The normalized spacial score (nSPS) is 11.0. The third-order valence-corrected chi connectivity index (χ3v) is 5.54. The number of thioether (sulfide) groups is 1. The van der Waals surface area contributed by atoms with Crippen LogP contribution in [0.1, 0.15) is 11.1 Å². The fraction of sp³-hybridized carbons (Fsp3) is 0.143. The smallest absolute Gasteiger partial charge is 0.325 e. The van der Waals surface area contributed by atoms with E-state index in [9.17, 15) is 9.59 Å². The quantitative estimate of drug-likeness (QED) is 0.384. The maximum absolute atomic E-state index is 12.2. The standard InChI is InChI=1S/C21H18N4O3S/c1-12-6-5-8-15(13(12)2)24-21(27)25-17(26)10-29-20-19-18(22-11-23-20)14-7-3-4-9-16(14)28-19/h3-9,11H,10H2,1-2H3,(H2,24,25,26,27). The lowest BCUT2D eigenvalue weighted by Gasteiger charge is -2.10. The molecular formula is C21H18N4O3S. The van der Waals surface area contributed by atoms with E-state index >= 15 is 0 Å². The van der Waals surface area contributed by atoms with E-state index in [1.54, 1.807) is 6.07 Å². The summed E-state index contributed by atoms with van der Waals surface area (Å²) >= 11 is 1.19. The highest BCUT2D eigenvalue weighted by Crippen LogP contribution is 2.32. The van der Waals surface area contributed by atoms with Crippen molar-refractivity contribution in [2.45, 2.75) is 18.9 Å². The largest absolute Gasteiger partial charge is 0.451 e. The van der Waals surface area contributed by atoms with Gasteiger partial charge >= 0.3 is 6.03 Å². The highest BCUT2D eigenvalue weighted by atomic mass is 32.2. The van der Waals surface area contributed by atoms with Crippen LogP contribution in [0.15, 0.2) is 58.2 Å². The zero-order valence-electron chi connectivity index (χ0n) is 15.9. The molecule has 0 fully saturated rings. The van der Waals surface area contributed by atoms with E-state index in [0.717, 1.165) is 16.5 Å². The highest BCUT2D eigenvalue weighted by Gasteiger charge is 2.15. The van der Waals surface area contributed by atoms with Crippen molar-refractivity contribution in [2.24, 2.45) is 0 Å². The number of fused-ring (bicyclic) bond motifs is 3. The van der Waals surface area contributed by atoms with Gasteiger partial charge in [0.2, 0.25) is 5.91 Å².